The Bertz CT molecular complexity index is 1100. The van der Waals surface area contributed by atoms with Crippen molar-refractivity contribution in [2.75, 3.05) is 0 Å². The van der Waals surface area contributed by atoms with Crippen LogP contribution < -0.4 is 9.47 Å². The first-order valence-corrected chi connectivity index (χ1v) is 8.52. The third-order valence-electron chi connectivity index (χ3n) is 4.15. The van der Waals surface area contributed by atoms with E-state index in [2.05, 4.69) is 0 Å². The number of hydrogen-bond donors (Lipinski definition) is 0. The van der Waals surface area contributed by atoms with Crippen molar-refractivity contribution in [1.29, 1.82) is 0 Å². The Morgan fingerprint density at radius 1 is 0.533 bits per heavy atom. The van der Waals surface area contributed by atoms with Crippen molar-refractivity contribution in [1.82, 2.24) is 0 Å². The highest BCUT2D eigenvalue weighted by atomic mass is 19.1. The third kappa shape index (κ3) is 3.67. The molecule has 1 aliphatic rings. The monoisotopic (exact) mass is 414 g/mol. The quantitative estimate of drug-likeness (QED) is 0.565. The van der Waals surface area contributed by atoms with Crippen molar-refractivity contribution in [3.63, 3.8) is 0 Å². The van der Waals surface area contributed by atoms with Gasteiger partial charge in [0.25, 0.3) is 0 Å². The summed E-state index contributed by atoms with van der Waals surface area (Å²) >= 11 is 0. The van der Waals surface area contributed by atoms with Crippen LogP contribution in [-0.4, -0.2) is 11.6 Å². The zero-order chi connectivity index (χ0) is 21.4. The molecular weight excluding hydrogens is 404 g/mol. The standard InChI is InChI=1S/C22H10F4O4/c23-11-5-12(24)8-15(7-11)29-21-19(27)17-3-1-2-4-18(17)20(28)22(21)30-16-9-13(25)6-14(26)10-16/h1-10H. The molecule has 8 heteroatoms. The second-order valence-corrected chi connectivity index (χ2v) is 6.28. The minimum atomic E-state index is -0.977. The number of rotatable bonds is 4. The van der Waals surface area contributed by atoms with Gasteiger partial charge in [0.2, 0.25) is 23.1 Å². The molecule has 0 spiro atoms. The Morgan fingerprint density at radius 2 is 0.867 bits per heavy atom. The molecular formula is C22H10F4O4. The van der Waals surface area contributed by atoms with E-state index in [1.807, 2.05) is 0 Å². The summed E-state index contributed by atoms with van der Waals surface area (Å²) in [6.45, 7) is 0. The molecule has 3 aromatic carbocycles. The fourth-order valence-electron chi connectivity index (χ4n) is 2.93. The molecule has 0 aromatic heterocycles. The van der Waals surface area contributed by atoms with Crippen molar-refractivity contribution in [3.8, 4) is 11.5 Å². The maximum Gasteiger partial charge on any atom is 0.233 e. The van der Waals surface area contributed by atoms with Crippen LogP contribution in [0.2, 0.25) is 0 Å². The second-order valence-electron chi connectivity index (χ2n) is 6.28. The third-order valence-corrected chi connectivity index (χ3v) is 4.15. The molecule has 0 saturated heterocycles. The van der Waals surface area contributed by atoms with Crippen LogP contribution in [0.1, 0.15) is 20.7 Å². The lowest BCUT2D eigenvalue weighted by atomic mass is 9.92. The first-order chi connectivity index (χ1) is 14.3. The SMILES string of the molecule is O=C1C(Oc2cc(F)cc(F)c2)=C(Oc2cc(F)cc(F)c2)C(=O)c2ccccc21. The number of halogens is 4. The van der Waals surface area contributed by atoms with Crippen molar-refractivity contribution >= 4 is 11.6 Å². The number of ketones is 2. The van der Waals surface area contributed by atoms with Crippen molar-refractivity contribution < 1.29 is 36.6 Å². The lowest BCUT2D eigenvalue weighted by molar-refractivity contribution is 0.0896. The largest absolute Gasteiger partial charge is 0.449 e. The van der Waals surface area contributed by atoms with E-state index >= 15 is 0 Å². The van der Waals surface area contributed by atoms with E-state index in [9.17, 15) is 27.2 Å². The van der Waals surface area contributed by atoms with Crippen LogP contribution >= 0.6 is 0 Å². The van der Waals surface area contributed by atoms with Gasteiger partial charge in [0.05, 0.1) is 0 Å². The van der Waals surface area contributed by atoms with E-state index in [1.165, 1.54) is 24.3 Å². The minimum Gasteiger partial charge on any atom is -0.449 e. The molecule has 3 aromatic rings. The fraction of sp³-hybridized carbons (Fsp3) is 0. The van der Waals surface area contributed by atoms with Gasteiger partial charge < -0.3 is 9.47 Å². The maximum absolute atomic E-state index is 13.5. The van der Waals surface area contributed by atoms with Crippen molar-refractivity contribution in [2.45, 2.75) is 0 Å². The number of carbonyl (C=O) groups excluding carboxylic acids is 2. The molecule has 150 valence electrons. The molecule has 0 saturated carbocycles. The molecule has 0 radical (unpaired) electrons. The van der Waals surface area contributed by atoms with E-state index in [0.717, 1.165) is 24.3 Å². The van der Waals surface area contributed by atoms with Gasteiger partial charge in [-0.25, -0.2) is 17.6 Å². The predicted molar refractivity (Wildman–Crippen MR) is 96.1 cm³/mol. The topological polar surface area (TPSA) is 52.6 Å². The number of hydrogen-bond acceptors (Lipinski definition) is 4. The maximum atomic E-state index is 13.5. The van der Waals surface area contributed by atoms with Crippen molar-refractivity contribution in [3.05, 3.63) is 107 Å². The molecule has 0 amide bonds. The lowest BCUT2D eigenvalue weighted by Gasteiger charge is -2.21. The van der Waals surface area contributed by atoms with Gasteiger partial charge in [-0.3, -0.25) is 9.59 Å². The molecule has 4 nitrogen and oxygen atoms in total. The van der Waals surface area contributed by atoms with Gasteiger partial charge in [-0.05, 0) is 0 Å². The van der Waals surface area contributed by atoms with Crippen LogP contribution in [0.5, 0.6) is 11.5 Å². The molecule has 0 atom stereocenters. The van der Waals surface area contributed by atoms with Crippen LogP contribution in [0.3, 0.4) is 0 Å². The Hall–Kier alpha value is -3.94. The Kier molecular flexibility index (Phi) is 4.83. The molecule has 0 fully saturated rings. The Balaban J connectivity index is 1.85. The van der Waals surface area contributed by atoms with Gasteiger partial charge in [0.1, 0.15) is 34.8 Å². The summed E-state index contributed by atoms with van der Waals surface area (Å²) in [5, 5.41) is 0. The van der Waals surface area contributed by atoms with Gasteiger partial charge in [-0.2, -0.15) is 0 Å². The molecule has 0 unspecified atom stereocenters. The normalized spacial score (nSPS) is 13.3. The first-order valence-electron chi connectivity index (χ1n) is 8.52. The summed E-state index contributed by atoms with van der Waals surface area (Å²) in [6.07, 6.45) is 0. The summed E-state index contributed by atoms with van der Waals surface area (Å²) in [6, 6.07) is 10.1. The van der Waals surface area contributed by atoms with E-state index in [4.69, 9.17) is 9.47 Å². The number of fused-ring (bicyclic) bond motifs is 1. The Labute approximate surface area is 167 Å². The van der Waals surface area contributed by atoms with Gasteiger partial charge in [0, 0.05) is 47.5 Å². The van der Waals surface area contributed by atoms with Crippen LogP contribution in [0.15, 0.2) is 72.2 Å². The second kappa shape index (κ2) is 7.47. The van der Waals surface area contributed by atoms with E-state index in [1.54, 1.807) is 0 Å². The van der Waals surface area contributed by atoms with Gasteiger partial charge in [-0.1, -0.05) is 24.3 Å². The number of carbonyl (C=O) groups is 2. The van der Waals surface area contributed by atoms with Gasteiger partial charge >= 0.3 is 0 Å². The molecule has 0 bridgehead atoms. The summed E-state index contributed by atoms with van der Waals surface area (Å²) in [4.78, 5) is 25.8. The number of Topliss-reactive ketones (excluding diaryl/α,β-unsaturated/α-hetero) is 2. The summed E-state index contributed by atoms with van der Waals surface area (Å²) in [5.41, 5.74) is -0.0423. The number of ether oxygens (including phenoxy) is 2. The Morgan fingerprint density at radius 3 is 1.20 bits per heavy atom. The van der Waals surface area contributed by atoms with Crippen LogP contribution in [0.4, 0.5) is 17.6 Å². The van der Waals surface area contributed by atoms with E-state index in [0.29, 0.717) is 12.1 Å². The van der Waals surface area contributed by atoms with Crippen LogP contribution in [0.25, 0.3) is 0 Å². The average molecular weight is 414 g/mol. The first kappa shape index (κ1) is 19.4. The van der Waals surface area contributed by atoms with Crippen molar-refractivity contribution in [2.24, 2.45) is 0 Å². The molecule has 1 aliphatic carbocycles. The van der Waals surface area contributed by atoms with Gasteiger partial charge in [0.15, 0.2) is 0 Å². The zero-order valence-electron chi connectivity index (χ0n) is 14.9. The average Bonchev–Trinajstić information content (AvgIpc) is 2.67. The van der Waals surface area contributed by atoms with Crippen LogP contribution in [0, 0.1) is 23.3 Å². The molecule has 0 heterocycles. The number of allylic oxidation sites excluding steroid dienone is 2. The highest BCUT2D eigenvalue weighted by molar-refractivity contribution is 6.25. The van der Waals surface area contributed by atoms with E-state index in [-0.39, 0.29) is 11.1 Å². The highest BCUT2D eigenvalue weighted by Gasteiger charge is 2.36. The van der Waals surface area contributed by atoms with Crippen LogP contribution in [-0.2, 0) is 0 Å². The summed E-state index contributed by atoms with van der Waals surface area (Å²) < 4.78 is 64.7. The molecule has 0 aliphatic heterocycles. The predicted octanol–water partition coefficient (Wildman–Crippen LogP) is 4.99. The minimum absolute atomic E-state index is 0.0212. The highest BCUT2D eigenvalue weighted by Crippen LogP contribution is 2.31. The molecule has 0 N–H and O–H groups in total. The number of benzene rings is 3. The summed E-state index contributed by atoms with van der Waals surface area (Å²) in [5.74, 6) is -7.68. The molecule has 4 rings (SSSR count). The molecule has 30 heavy (non-hydrogen) atoms. The lowest BCUT2D eigenvalue weighted by Crippen LogP contribution is -2.27. The fourth-order valence-corrected chi connectivity index (χ4v) is 2.93. The smallest absolute Gasteiger partial charge is 0.233 e. The summed E-state index contributed by atoms with van der Waals surface area (Å²) in [7, 11) is 0. The van der Waals surface area contributed by atoms with Gasteiger partial charge in [-0.15, -0.1) is 0 Å². The van der Waals surface area contributed by atoms with E-state index < -0.39 is 57.9 Å². The zero-order valence-corrected chi connectivity index (χ0v) is 14.9.